The Morgan fingerprint density at radius 1 is 1.11 bits per heavy atom. The van der Waals surface area contributed by atoms with Crippen molar-refractivity contribution in [2.75, 3.05) is 0 Å². The van der Waals surface area contributed by atoms with Crippen LogP contribution in [0, 0.1) is 5.92 Å². The average Bonchev–Trinajstić information content (AvgIpc) is 2.61. The molecule has 0 aliphatic heterocycles. The smallest absolute Gasteiger partial charge is 0.260 e. The fourth-order valence-electron chi connectivity index (χ4n) is 3.48. The zero-order valence-corrected chi connectivity index (χ0v) is 17.2. The molecule has 2 amide bonds. The molecule has 1 aromatic rings. The van der Waals surface area contributed by atoms with E-state index in [4.69, 9.17) is 4.74 Å². The van der Waals surface area contributed by atoms with E-state index in [0.717, 1.165) is 19.3 Å². The van der Waals surface area contributed by atoms with Crippen molar-refractivity contribution in [2.45, 2.75) is 84.4 Å². The first-order chi connectivity index (χ1) is 12.8. The Hall–Kier alpha value is -2.04. The summed E-state index contributed by atoms with van der Waals surface area (Å²) in [6.45, 7) is 9.96. The van der Waals surface area contributed by atoms with Gasteiger partial charge >= 0.3 is 0 Å². The van der Waals surface area contributed by atoms with E-state index in [1.807, 2.05) is 32.0 Å². The molecule has 1 aliphatic carbocycles. The molecule has 0 aromatic heterocycles. The Morgan fingerprint density at radius 3 is 2.52 bits per heavy atom. The van der Waals surface area contributed by atoms with Gasteiger partial charge in [0.1, 0.15) is 5.75 Å². The van der Waals surface area contributed by atoms with E-state index in [-0.39, 0.29) is 29.8 Å². The van der Waals surface area contributed by atoms with Gasteiger partial charge in [-0.15, -0.1) is 0 Å². The second kappa shape index (κ2) is 9.77. The highest BCUT2D eigenvalue weighted by molar-refractivity contribution is 5.81. The second-order valence-corrected chi connectivity index (χ2v) is 8.22. The fourth-order valence-corrected chi connectivity index (χ4v) is 3.48. The topological polar surface area (TPSA) is 67.4 Å². The number of benzene rings is 1. The summed E-state index contributed by atoms with van der Waals surface area (Å²) in [5.41, 5.74) is 1.19. The quantitative estimate of drug-likeness (QED) is 0.763. The highest BCUT2D eigenvalue weighted by Gasteiger charge is 2.29. The highest BCUT2D eigenvalue weighted by atomic mass is 16.5. The number of nitrogens with one attached hydrogen (secondary N) is 2. The molecular weight excluding hydrogens is 340 g/mol. The number of hydrogen-bond acceptors (Lipinski definition) is 3. The summed E-state index contributed by atoms with van der Waals surface area (Å²) in [6.07, 6.45) is 2.87. The van der Waals surface area contributed by atoms with Crippen molar-refractivity contribution in [3.63, 3.8) is 0 Å². The third-order valence-corrected chi connectivity index (χ3v) is 5.03. The van der Waals surface area contributed by atoms with Crippen molar-refractivity contribution in [3.8, 4) is 5.75 Å². The molecule has 27 heavy (non-hydrogen) atoms. The lowest BCUT2D eigenvalue weighted by molar-refractivity contribution is -0.130. The molecule has 1 fully saturated rings. The Labute approximate surface area is 163 Å². The van der Waals surface area contributed by atoms with E-state index in [1.165, 1.54) is 5.56 Å². The molecule has 0 saturated heterocycles. The van der Waals surface area contributed by atoms with E-state index >= 15 is 0 Å². The number of carbonyl (C=O) groups excluding carboxylic acids is 2. The minimum Gasteiger partial charge on any atom is -0.481 e. The van der Waals surface area contributed by atoms with Gasteiger partial charge in [-0.3, -0.25) is 9.59 Å². The lowest BCUT2D eigenvalue weighted by Crippen LogP contribution is -2.47. The summed E-state index contributed by atoms with van der Waals surface area (Å²) in [5.74, 6) is 1.07. The lowest BCUT2D eigenvalue weighted by Gasteiger charge is -2.30. The molecule has 0 spiro atoms. The van der Waals surface area contributed by atoms with Gasteiger partial charge in [0.15, 0.2) is 6.10 Å². The lowest BCUT2D eigenvalue weighted by atomic mass is 9.85. The van der Waals surface area contributed by atoms with Crippen molar-refractivity contribution in [3.05, 3.63) is 29.8 Å². The van der Waals surface area contributed by atoms with Gasteiger partial charge < -0.3 is 15.4 Å². The maximum atomic E-state index is 12.6. The van der Waals surface area contributed by atoms with Crippen LogP contribution in [-0.4, -0.2) is 30.0 Å². The molecule has 150 valence electrons. The van der Waals surface area contributed by atoms with Gasteiger partial charge in [0.05, 0.1) is 0 Å². The van der Waals surface area contributed by atoms with Gasteiger partial charge in [-0.05, 0) is 63.6 Å². The number of rotatable bonds is 7. The molecule has 5 nitrogen and oxygen atoms in total. The van der Waals surface area contributed by atoms with E-state index in [1.54, 1.807) is 6.92 Å². The minimum atomic E-state index is -0.572. The van der Waals surface area contributed by atoms with E-state index in [9.17, 15) is 9.59 Å². The van der Waals surface area contributed by atoms with Gasteiger partial charge in [-0.2, -0.15) is 0 Å². The van der Waals surface area contributed by atoms with Gasteiger partial charge in [0, 0.05) is 18.0 Å². The SMILES string of the molecule is CC(C)NC(=O)C1CCCC(NC(=O)C(C)Oc2cccc(C(C)C)c2)C1. The first-order valence-electron chi connectivity index (χ1n) is 10.1. The van der Waals surface area contributed by atoms with Gasteiger partial charge in [0.25, 0.3) is 5.91 Å². The summed E-state index contributed by atoms with van der Waals surface area (Å²) in [7, 11) is 0. The van der Waals surface area contributed by atoms with Crippen molar-refractivity contribution >= 4 is 11.8 Å². The van der Waals surface area contributed by atoms with Crippen LogP contribution in [0.1, 0.15) is 71.8 Å². The molecule has 1 aromatic carbocycles. The standard InChI is InChI=1S/C22H34N2O3/c1-14(2)17-8-7-11-20(13-17)27-16(5)21(25)24-19-10-6-9-18(12-19)22(26)23-15(3)4/h7-8,11,13-16,18-19H,6,9-10,12H2,1-5H3,(H,23,26)(H,24,25). The van der Waals surface area contributed by atoms with Crippen LogP contribution in [0.5, 0.6) is 5.75 Å². The Morgan fingerprint density at radius 2 is 1.85 bits per heavy atom. The predicted molar refractivity (Wildman–Crippen MR) is 108 cm³/mol. The normalized spacial score (nSPS) is 21.0. The Kier molecular flexibility index (Phi) is 7.69. The molecule has 3 unspecified atom stereocenters. The third-order valence-electron chi connectivity index (χ3n) is 5.03. The second-order valence-electron chi connectivity index (χ2n) is 8.22. The predicted octanol–water partition coefficient (Wildman–Crippen LogP) is 3.78. The fraction of sp³-hybridized carbons (Fsp3) is 0.636. The molecule has 5 heteroatoms. The molecule has 3 atom stereocenters. The van der Waals surface area contributed by atoms with Gasteiger partial charge in [0.2, 0.25) is 5.91 Å². The zero-order chi connectivity index (χ0) is 20.0. The van der Waals surface area contributed by atoms with Crippen LogP contribution in [0.2, 0.25) is 0 Å². The van der Waals surface area contributed by atoms with Crippen LogP contribution < -0.4 is 15.4 Å². The zero-order valence-electron chi connectivity index (χ0n) is 17.2. The molecule has 0 radical (unpaired) electrons. The van der Waals surface area contributed by atoms with Crippen LogP contribution in [0.25, 0.3) is 0 Å². The summed E-state index contributed by atoms with van der Waals surface area (Å²) < 4.78 is 5.84. The molecule has 2 rings (SSSR count). The maximum Gasteiger partial charge on any atom is 0.260 e. The number of amides is 2. The monoisotopic (exact) mass is 374 g/mol. The van der Waals surface area contributed by atoms with Crippen molar-refractivity contribution < 1.29 is 14.3 Å². The number of hydrogen-bond donors (Lipinski definition) is 2. The highest BCUT2D eigenvalue weighted by Crippen LogP contribution is 2.25. The molecule has 0 bridgehead atoms. The molecule has 1 saturated carbocycles. The van der Waals surface area contributed by atoms with Crippen LogP contribution in [0.3, 0.4) is 0 Å². The largest absolute Gasteiger partial charge is 0.481 e. The van der Waals surface area contributed by atoms with Crippen molar-refractivity contribution in [1.29, 1.82) is 0 Å². The third kappa shape index (κ3) is 6.56. The average molecular weight is 375 g/mol. The van der Waals surface area contributed by atoms with Gasteiger partial charge in [-0.1, -0.05) is 32.4 Å². The van der Waals surface area contributed by atoms with E-state index < -0.39 is 6.10 Å². The van der Waals surface area contributed by atoms with Crippen molar-refractivity contribution in [2.24, 2.45) is 5.92 Å². The van der Waals surface area contributed by atoms with E-state index in [2.05, 4.69) is 30.5 Å². The summed E-state index contributed by atoms with van der Waals surface area (Å²) in [6, 6.07) is 8.05. The molecular formula is C22H34N2O3. The molecule has 1 aliphatic rings. The van der Waals surface area contributed by atoms with Crippen LogP contribution in [-0.2, 0) is 9.59 Å². The number of ether oxygens (including phenoxy) is 1. The number of carbonyl (C=O) groups is 2. The van der Waals surface area contributed by atoms with Crippen molar-refractivity contribution in [1.82, 2.24) is 10.6 Å². The minimum absolute atomic E-state index is 0.0228. The first-order valence-corrected chi connectivity index (χ1v) is 10.1. The van der Waals surface area contributed by atoms with Gasteiger partial charge in [-0.25, -0.2) is 0 Å². The van der Waals surface area contributed by atoms with Crippen LogP contribution >= 0.6 is 0 Å². The molecule has 2 N–H and O–H groups in total. The molecule has 0 heterocycles. The maximum absolute atomic E-state index is 12.6. The Balaban J connectivity index is 1.88. The summed E-state index contributed by atoms with van der Waals surface area (Å²) >= 11 is 0. The van der Waals surface area contributed by atoms with Crippen LogP contribution in [0.15, 0.2) is 24.3 Å². The first kappa shape index (κ1) is 21.3. The summed E-state index contributed by atoms with van der Waals surface area (Å²) in [5, 5.41) is 6.05. The summed E-state index contributed by atoms with van der Waals surface area (Å²) in [4.78, 5) is 24.8. The Bertz CT molecular complexity index is 642. The van der Waals surface area contributed by atoms with E-state index in [0.29, 0.717) is 18.1 Å². The van der Waals surface area contributed by atoms with Crippen LogP contribution in [0.4, 0.5) is 0 Å².